The molecular weight excluding hydrogens is 726 g/mol. The fourth-order valence-corrected chi connectivity index (χ4v) is 122. The monoisotopic (exact) mass is 778 g/mol. The van der Waals surface area contributed by atoms with Gasteiger partial charge in [-0.25, -0.2) is 0 Å². The first-order valence-corrected chi connectivity index (χ1v) is 30.5. The van der Waals surface area contributed by atoms with Crippen LogP contribution in [0.5, 0.6) is 0 Å². The van der Waals surface area contributed by atoms with Crippen LogP contribution in [0.15, 0.2) is 67.5 Å². The molecule has 21 rings (SSSR count). The Hall–Kier alpha value is -1.24. The summed E-state index contributed by atoms with van der Waals surface area (Å²) < 4.78 is 1.66. The van der Waals surface area contributed by atoms with Crippen molar-refractivity contribution in [2.24, 2.45) is 47.3 Å². The molecule has 8 bridgehead atoms. The summed E-state index contributed by atoms with van der Waals surface area (Å²) >= 11 is 0. The molecule has 7 heteroatoms. The third-order valence-corrected chi connectivity index (χ3v) is 78.2. The van der Waals surface area contributed by atoms with Crippen LogP contribution >= 0.6 is 17.2 Å². The molecule has 0 amide bonds. The summed E-state index contributed by atoms with van der Waals surface area (Å²) in [5.74, 6) is 8.60. The second kappa shape index (κ2) is 5.11. The van der Waals surface area contributed by atoms with E-state index >= 15 is 0 Å². The first-order valence-electron chi connectivity index (χ1n) is 22.2. The summed E-state index contributed by atoms with van der Waals surface area (Å²) in [7, 11) is 3.70. The maximum absolute atomic E-state index is 5.40. The van der Waals surface area contributed by atoms with Gasteiger partial charge < -0.3 is 0 Å². The van der Waals surface area contributed by atoms with Crippen LogP contribution in [-0.2, 0) is 16.0 Å². The van der Waals surface area contributed by atoms with Crippen molar-refractivity contribution < 1.29 is 6.51 Å². The van der Waals surface area contributed by atoms with Gasteiger partial charge in [-0.1, -0.05) is 0 Å². The molecule has 12 heterocycles. The molecule has 10 saturated heterocycles. The second-order valence-corrected chi connectivity index (χ2v) is 51.3. The zero-order valence-corrected chi connectivity index (χ0v) is 33.8. The number of rotatable bonds is 8. The molecular formula is C46H52FeN4P2. The molecule has 18 aliphatic rings. The third kappa shape index (κ3) is 0.938. The van der Waals surface area contributed by atoms with Gasteiger partial charge in [-0.3, -0.25) is 0 Å². The van der Waals surface area contributed by atoms with Crippen molar-refractivity contribution in [1.82, 2.24) is 19.9 Å². The Morgan fingerprint density at radius 1 is 0.623 bits per heavy atom. The van der Waals surface area contributed by atoms with Gasteiger partial charge in [0.25, 0.3) is 0 Å². The van der Waals surface area contributed by atoms with E-state index in [-0.39, 0.29) is 13.1 Å². The maximum atomic E-state index is 5.40. The van der Waals surface area contributed by atoms with Crippen LogP contribution < -0.4 is 0 Å². The molecule has 1 spiro atoms. The van der Waals surface area contributed by atoms with Crippen molar-refractivity contribution in [3.05, 3.63) is 84.5 Å². The Balaban J connectivity index is 0.907. The Bertz CT molecular complexity index is 2560. The van der Waals surface area contributed by atoms with Crippen molar-refractivity contribution in [3.8, 4) is 0 Å². The third-order valence-electron chi connectivity index (χ3n) is 28.5. The van der Waals surface area contributed by atoms with Gasteiger partial charge >= 0.3 is 309 Å². The van der Waals surface area contributed by atoms with E-state index in [9.17, 15) is 0 Å². The number of nitrogens with zero attached hydrogens (tertiary/aromatic N) is 4. The van der Waals surface area contributed by atoms with Crippen LogP contribution in [0.3, 0.4) is 0 Å². The number of fused-ring (bicyclic) bond motifs is 10. The summed E-state index contributed by atoms with van der Waals surface area (Å²) in [6.45, 7) is -4.51. The summed E-state index contributed by atoms with van der Waals surface area (Å²) in [5, 5.41) is -0.253. The van der Waals surface area contributed by atoms with Crippen molar-refractivity contribution in [2.45, 2.75) is 127 Å². The van der Waals surface area contributed by atoms with E-state index in [1.165, 1.54) is 11.4 Å². The van der Waals surface area contributed by atoms with Crippen LogP contribution in [0.25, 0.3) is 0 Å². The van der Waals surface area contributed by atoms with Crippen LogP contribution in [-0.4, -0.2) is 37.4 Å². The predicted octanol–water partition coefficient (Wildman–Crippen LogP) is 10.8. The van der Waals surface area contributed by atoms with E-state index in [1.807, 2.05) is 30.4 Å². The molecule has 4 nitrogen and oxygen atoms in total. The molecule has 0 N–H and O–H groups in total. The normalized spacial score (nSPS) is 70.6. The SMILES string of the molecule is PC(c1cnccn1)(c1cnccn1)[C]12[CH]3[C]4(c5ccccc5)[CH]5[C]1(CP(C1C6CC7CC(C6)CC1C7)C1C6CC7CC(C6)CC1C7)[Fe]53421678[CH]2[CH]1[CH]6[CH]7[CH]28. The predicted molar refractivity (Wildman–Crippen MR) is 208 cm³/mol. The summed E-state index contributed by atoms with van der Waals surface area (Å²) in [4.78, 5) is 28.5. The van der Waals surface area contributed by atoms with Crippen LogP contribution in [0.4, 0.5) is 0 Å². The van der Waals surface area contributed by atoms with E-state index in [0.29, 0.717) is 12.9 Å². The molecule has 1 aromatic carbocycles. The van der Waals surface area contributed by atoms with Gasteiger partial charge in [0.1, 0.15) is 0 Å². The van der Waals surface area contributed by atoms with Crippen LogP contribution in [0.2, 0.25) is 42.3 Å². The number of aromatic nitrogens is 4. The molecule has 10 aliphatic heterocycles. The Kier molecular flexibility index (Phi) is 2.64. The van der Waals surface area contributed by atoms with E-state index in [1.54, 1.807) is 70.4 Å². The average molecular weight is 779 g/mol. The molecule has 8 saturated carbocycles. The summed E-state index contributed by atoms with van der Waals surface area (Å²) in [5.41, 5.74) is 6.50. The first kappa shape index (κ1) is 27.4. The molecule has 6 unspecified atom stereocenters. The van der Waals surface area contributed by atoms with Gasteiger partial charge in [0.2, 0.25) is 0 Å². The van der Waals surface area contributed by atoms with Gasteiger partial charge in [0.15, 0.2) is 0 Å². The van der Waals surface area contributed by atoms with Gasteiger partial charge in [-0.2, -0.15) is 0 Å². The summed E-state index contributed by atoms with van der Waals surface area (Å²) in [6, 6.07) is 12.6. The van der Waals surface area contributed by atoms with Gasteiger partial charge in [-0.15, -0.1) is 0 Å². The molecule has 3 aromatic rings. The molecule has 53 heavy (non-hydrogen) atoms. The topological polar surface area (TPSA) is 51.6 Å². The average Bonchev–Trinajstić information content (AvgIpc) is 4.13. The Labute approximate surface area is 307 Å². The van der Waals surface area contributed by atoms with Crippen molar-refractivity contribution in [2.75, 3.05) is 6.16 Å². The number of benzene rings is 1. The second-order valence-electron chi connectivity index (χ2n) is 24.9. The molecule has 0 radical (unpaired) electrons. The Morgan fingerprint density at radius 2 is 1.09 bits per heavy atom. The summed E-state index contributed by atoms with van der Waals surface area (Å²) in [6.07, 6.45) is 30.1. The van der Waals surface area contributed by atoms with E-state index in [0.717, 1.165) is 92.4 Å². The zero-order chi connectivity index (χ0) is 33.8. The molecule has 2 aromatic heterocycles. The quantitative estimate of drug-likeness (QED) is 0.169. The first-order chi connectivity index (χ1) is 25.8. The number of hydrogen-bond acceptors (Lipinski definition) is 4. The fraction of sp³-hybridized carbons (Fsp3) is 0.696. The van der Waals surface area contributed by atoms with Crippen molar-refractivity contribution >= 4 is 17.2 Å². The number of hydrogen-bond donors (Lipinski definition) is 0. The zero-order valence-electron chi connectivity index (χ0n) is 30.6. The molecule has 6 atom stereocenters. The van der Waals surface area contributed by atoms with Gasteiger partial charge in [-0.05, 0) is 0 Å². The standard InChI is InChI=1S/C41H47N4P2.C5H5.Fe/c46-41(37-22-42-6-8-44-37,38-23-43-7-9-45-38)36-21-30(29-4-2-1-3-5-29)20-35(36)24-47(39-31-12-25-10-26(14-31)15-32(39)13-25)40-33-16-27-11-28(18-33)19-34(40)17-27;1-2-4-5-3-1;/h1-9,20-23,25-28,31-34,39-40H,10-19,24,46H2;1-5H;. The van der Waals surface area contributed by atoms with Crippen molar-refractivity contribution in [3.63, 3.8) is 0 Å². The Morgan fingerprint density at radius 3 is 1.51 bits per heavy atom. The van der Waals surface area contributed by atoms with Gasteiger partial charge in [0, 0.05) is 0 Å². The van der Waals surface area contributed by atoms with Gasteiger partial charge in [0.05, 0.1) is 0 Å². The minimum atomic E-state index is -4.51. The van der Waals surface area contributed by atoms with E-state index in [2.05, 4.69) is 52.0 Å². The molecule has 8 aliphatic carbocycles. The molecule has 18 fully saturated rings. The van der Waals surface area contributed by atoms with Crippen LogP contribution in [0.1, 0.15) is 81.2 Å². The van der Waals surface area contributed by atoms with E-state index in [4.69, 9.17) is 19.9 Å². The van der Waals surface area contributed by atoms with Crippen LogP contribution in [0, 0.1) is 47.3 Å². The van der Waals surface area contributed by atoms with E-state index < -0.39 is 6.51 Å². The molecule has 274 valence electrons. The minimum absolute atomic E-state index is 0.0209. The van der Waals surface area contributed by atoms with Crippen molar-refractivity contribution in [1.29, 1.82) is 0 Å². The fourth-order valence-electron chi connectivity index (χ4n) is 31.5.